The van der Waals surface area contributed by atoms with Crippen LogP contribution in [0.4, 0.5) is 5.69 Å². The highest BCUT2D eigenvalue weighted by Gasteiger charge is 2.17. The largest absolute Gasteiger partial charge is 0.335 e. The summed E-state index contributed by atoms with van der Waals surface area (Å²) in [7, 11) is 0. The van der Waals surface area contributed by atoms with Crippen LogP contribution in [0, 0.1) is 6.92 Å². The summed E-state index contributed by atoms with van der Waals surface area (Å²) in [5.74, 6) is 0.610. The molecule has 0 aliphatic heterocycles. The lowest BCUT2D eigenvalue weighted by molar-refractivity contribution is -0.116. The number of imidazole rings is 1. The molecule has 0 saturated heterocycles. The van der Waals surface area contributed by atoms with Crippen molar-refractivity contribution in [3.8, 4) is 33.2 Å². The van der Waals surface area contributed by atoms with Gasteiger partial charge in [0.25, 0.3) is 0 Å². The monoisotopic (exact) mass is 508 g/mol. The number of hydrogen-bond donors (Lipinski definition) is 3. The van der Waals surface area contributed by atoms with Crippen molar-refractivity contribution < 1.29 is 4.79 Å². The number of thiophene rings is 1. The highest BCUT2D eigenvalue weighted by Crippen LogP contribution is 2.34. The van der Waals surface area contributed by atoms with Crippen LogP contribution in [0.3, 0.4) is 0 Å². The molecule has 184 valence electrons. The zero-order valence-corrected chi connectivity index (χ0v) is 21.2. The van der Waals surface area contributed by atoms with Gasteiger partial charge in [0.15, 0.2) is 11.5 Å². The Labute approximate surface area is 216 Å². The number of fused-ring (bicyclic) bond motifs is 2. The van der Waals surface area contributed by atoms with Gasteiger partial charge in [0.2, 0.25) is 5.91 Å². The maximum absolute atomic E-state index is 12.2. The van der Waals surface area contributed by atoms with Gasteiger partial charge in [-0.25, -0.2) is 9.97 Å². The highest BCUT2D eigenvalue weighted by atomic mass is 32.1. The topological polar surface area (TPSA) is 125 Å². The molecule has 10 heteroatoms. The maximum Gasteiger partial charge on any atom is 0.224 e. The lowest BCUT2D eigenvalue weighted by Crippen LogP contribution is -2.11. The number of rotatable bonds is 7. The number of carbonyl (C=O) groups is 1. The van der Waals surface area contributed by atoms with Gasteiger partial charge in [-0.2, -0.15) is 5.10 Å². The van der Waals surface area contributed by atoms with E-state index in [2.05, 4.69) is 61.4 Å². The van der Waals surface area contributed by atoms with Crippen LogP contribution < -0.4 is 5.32 Å². The standard InChI is InChI=1S/C27H24N8OS/c1-3-4-5-23(36)31-17-10-16(12-28-13-17)20-11-19-21(14-30-20)34-35-25(19)27-32-24-18(8-9-29-26(24)33-27)22-7-6-15(2)37-22/h6-14H,3-5H2,1-2H3,(H,31,36)(H,34,35)(H,29,32,33). The molecule has 37 heavy (non-hydrogen) atoms. The average molecular weight is 509 g/mol. The second-order valence-corrected chi connectivity index (χ2v) is 10.1. The van der Waals surface area contributed by atoms with E-state index in [0.29, 0.717) is 29.3 Å². The molecule has 0 unspecified atom stereocenters. The third-order valence-electron chi connectivity index (χ3n) is 6.14. The number of H-pyrrole nitrogens is 2. The minimum atomic E-state index is -0.0168. The van der Waals surface area contributed by atoms with Gasteiger partial charge in [-0.1, -0.05) is 13.3 Å². The molecule has 0 atom stereocenters. The van der Waals surface area contributed by atoms with Crippen LogP contribution in [0.2, 0.25) is 0 Å². The number of aromatic nitrogens is 7. The quantitative estimate of drug-likeness (QED) is 0.238. The van der Waals surface area contributed by atoms with Gasteiger partial charge >= 0.3 is 0 Å². The molecular formula is C27H24N8OS. The number of carbonyl (C=O) groups excluding carboxylic acids is 1. The van der Waals surface area contributed by atoms with Gasteiger partial charge in [0, 0.05) is 45.1 Å². The molecule has 6 heterocycles. The fraction of sp³-hybridized carbons (Fsp3) is 0.185. The first-order chi connectivity index (χ1) is 18.1. The van der Waals surface area contributed by atoms with E-state index in [0.717, 1.165) is 51.0 Å². The number of aryl methyl sites for hydroxylation is 1. The first-order valence-corrected chi connectivity index (χ1v) is 12.9. The van der Waals surface area contributed by atoms with Crippen LogP contribution in [-0.2, 0) is 4.79 Å². The van der Waals surface area contributed by atoms with Crippen LogP contribution in [0.5, 0.6) is 0 Å². The molecular weight excluding hydrogens is 484 g/mol. The van der Waals surface area contributed by atoms with Crippen molar-refractivity contribution in [3.63, 3.8) is 0 Å². The Bertz CT molecular complexity index is 1750. The molecule has 6 aromatic heterocycles. The van der Waals surface area contributed by atoms with Gasteiger partial charge in [-0.05, 0) is 43.7 Å². The fourth-order valence-electron chi connectivity index (χ4n) is 4.27. The van der Waals surface area contributed by atoms with Gasteiger partial charge < -0.3 is 10.3 Å². The summed E-state index contributed by atoms with van der Waals surface area (Å²) in [4.78, 5) is 36.1. The molecule has 9 nitrogen and oxygen atoms in total. The van der Waals surface area contributed by atoms with Gasteiger partial charge in [0.05, 0.1) is 34.8 Å². The number of pyridine rings is 3. The van der Waals surface area contributed by atoms with E-state index >= 15 is 0 Å². The molecule has 0 radical (unpaired) electrons. The van der Waals surface area contributed by atoms with Crippen LogP contribution >= 0.6 is 11.3 Å². The molecule has 3 N–H and O–H groups in total. The maximum atomic E-state index is 12.2. The summed E-state index contributed by atoms with van der Waals surface area (Å²) in [6.07, 6.45) is 9.21. The Kier molecular flexibility index (Phi) is 5.93. The Morgan fingerprint density at radius 1 is 1.11 bits per heavy atom. The number of amides is 1. The Morgan fingerprint density at radius 2 is 2.03 bits per heavy atom. The lowest BCUT2D eigenvalue weighted by atomic mass is 10.1. The summed E-state index contributed by atoms with van der Waals surface area (Å²) in [5.41, 5.74) is 6.21. The molecule has 0 fully saturated rings. The van der Waals surface area contributed by atoms with Crippen molar-refractivity contribution in [3.05, 3.63) is 60.0 Å². The molecule has 6 aromatic rings. The van der Waals surface area contributed by atoms with Crippen molar-refractivity contribution in [1.29, 1.82) is 0 Å². The molecule has 0 aromatic carbocycles. The molecule has 0 aliphatic rings. The average Bonchev–Trinajstić information content (AvgIpc) is 3.64. The molecule has 0 spiro atoms. The third-order valence-corrected chi connectivity index (χ3v) is 7.18. The third kappa shape index (κ3) is 4.47. The second-order valence-electron chi connectivity index (χ2n) is 8.85. The van der Waals surface area contributed by atoms with Crippen molar-refractivity contribution in [2.24, 2.45) is 0 Å². The minimum Gasteiger partial charge on any atom is -0.335 e. The van der Waals surface area contributed by atoms with Crippen molar-refractivity contribution in [2.45, 2.75) is 33.1 Å². The Balaban J connectivity index is 1.37. The van der Waals surface area contributed by atoms with E-state index in [9.17, 15) is 4.79 Å². The molecule has 0 aliphatic carbocycles. The zero-order valence-electron chi connectivity index (χ0n) is 20.4. The second kappa shape index (κ2) is 9.55. The predicted octanol–water partition coefficient (Wildman–Crippen LogP) is 6.12. The van der Waals surface area contributed by atoms with Gasteiger partial charge in [0.1, 0.15) is 5.69 Å². The summed E-state index contributed by atoms with van der Waals surface area (Å²) in [6.45, 7) is 4.16. The van der Waals surface area contributed by atoms with E-state index in [-0.39, 0.29) is 5.91 Å². The highest BCUT2D eigenvalue weighted by molar-refractivity contribution is 7.15. The lowest BCUT2D eigenvalue weighted by Gasteiger charge is -2.07. The van der Waals surface area contributed by atoms with E-state index < -0.39 is 0 Å². The van der Waals surface area contributed by atoms with Crippen molar-refractivity contribution >= 4 is 45.0 Å². The number of nitrogens with zero attached hydrogens (tertiary/aromatic N) is 5. The van der Waals surface area contributed by atoms with Crippen LogP contribution in [0.1, 0.15) is 31.1 Å². The summed E-state index contributed by atoms with van der Waals surface area (Å²) < 4.78 is 0. The molecule has 6 rings (SSSR count). The smallest absolute Gasteiger partial charge is 0.224 e. The summed E-state index contributed by atoms with van der Waals surface area (Å²) >= 11 is 1.74. The fourth-order valence-corrected chi connectivity index (χ4v) is 5.17. The normalized spacial score (nSPS) is 11.4. The number of anilines is 1. The number of aromatic amines is 2. The van der Waals surface area contributed by atoms with E-state index in [1.165, 1.54) is 4.88 Å². The van der Waals surface area contributed by atoms with Crippen molar-refractivity contribution in [2.75, 3.05) is 5.32 Å². The van der Waals surface area contributed by atoms with E-state index in [4.69, 9.17) is 4.98 Å². The number of hydrogen-bond acceptors (Lipinski definition) is 7. The van der Waals surface area contributed by atoms with Crippen LogP contribution in [0.15, 0.2) is 55.1 Å². The SMILES string of the molecule is CCCCC(=O)Nc1cncc(-c2cc3c(-c4nc5nccc(-c6ccc(C)s6)c5[nH]4)n[nH]c3cn2)c1. The van der Waals surface area contributed by atoms with Crippen LogP contribution in [0.25, 0.3) is 55.3 Å². The number of nitrogens with one attached hydrogen (secondary N) is 3. The number of unbranched alkanes of at least 4 members (excludes halogenated alkanes) is 1. The van der Waals surface area contributed by atoms with E-state index in [1.807, 2.05) is 18.2 Å². The Morgan fingerprint density at radius 3 is 2.86 bits per heavy atom. The molecule has 0 bridgehead atoms. The minimum absolute atomic E-state index is 0.0168. The van der Waals surface area contributed by atoms with Crippen molar-refractivity contribution in [1.82, 2.24) is 35.1 Å². The first kappa shape index (κ1) is 23.0. The molecule has 0 saturated carbocycles. The first-order valence-electron chi connectivity index (χ1n) is 12.1. The van der Waals surface area contributed by atoms with Gasteiger partial charge in [-0.3, -0.25) is 19.9 Å². The summed E-state index contributed by atoms with van der Waals surface area (Å²) in [6, 6.07) is 10.1. The zero-order chi connectivity index (χ0) is 25.4. The molecule has 1 amide bonds. The Hall–Kier alpha value is -4.44. The van der Waals surface area contributed by atoms with Crippen LogP contribution in [-0.4, -0.2) is 41.0 Å². The van der Waals surface area contributed by atoms with Gasteiger partial charge in [-0.15, -0.1) is 11.3 Å². The predicted molar refractivity (Wildman–Crippen MR) is 146 cm³/mol. The van der Waals surface area contributed by atoms with E-state index in [1.54, 1.807) is 36.1 Å². The summed E-state index contributed by atoms with van der Waals surface area (Å²) in [5, 5.41) is 11.4.